The van der Waals surface area contributed by atoms with Crippen LogP contribution in [0.4, 0.5) is 5.13 Å². The third-order valence-electron chi connectivity index (χ3n) is 3.03. The summed E-state index contributed by atoms with van der Waals surface area (Å²) in [6.07, 6.45) is 1.70. The third-order valence-corrected chi connectivity index (χ3v) is 4.44. The SMILES string of the molecule is COc1ccccc1/C=N/c1nnc(-c2ccc(Cl)cc2Cl)s1. The van der Waals surface area contributed by atoms with Gasteiger partial charge in [-0.1, -0.05) is 46.7 Å². The number of methoxy groups -OCH3 is 1. The minimum atomic E-state index is 0.536. The van der Waals surface area contributed by atoms with Gasteiger partial charge in [-0.05, 0) is 30.3 Å². The van der Waals surface area contributed by atoms with Crippen LogP contribution in [-0.2, 0) is 0 Å². The summed E-state index contributed by atoms with van der Waals surface area (Å²) in [5.41, 5.74) is 1.66. The van der Waals surface area contributed by atoms with Gasteiger partial charge in [-0.2, -0.15) is 0 Å². The van der Waals surface area contributed by atoms with Gasteiger partial charge in [0.15, 0.2) is 5.01 Å². The van der Waals surface area contributed by atoms with E-state index in [1.807, 2.05) is 30.3 Å². The van der Waals surface area contributed by atoms with Crippen molar-refractivity contribution in [3.63, 3.8) is 0 Å². The highest BCUT2D eigenvalue weighted by atomic mass is 35.5. The Bertz CT molecular complexity index is 864. The molecule has 0 saturated heterocycles. The first-order chi connectivity index (χ1) is 11.2. The Morgan fingerprint density at radius 2 is 1.96 bits per heavy atom. The predicted molar refractivity (Wildman–Crippen MR) is 95.6 cm³/mol. The topological polar surface area (TPSA) is 47.4 Å². The van der Waals surface area contributed by atoms with Crippen LogP contribution in [0.2, 0.25) is 10.0 Å². The molecule has 23 heavy (non-hydrogen) atoms. The third kappa shape index (κ3) is 3.69. The predicted octanol–water partition coefficient (Wildman–Crippen LogP) is 5.27. The molecular formula is C16H11Cl2N3OS. The van der Waals surface area contributed by atoms with Crippen LogP contribution in [0.25, 0.3) is 10.6 Å². The van der Waals surface area contributed by atoms with Crippen molar-refractivity contribution < 1.29 is 4.74 Å². The van der Waals surface area contributed by atoms with Gasteiger partial charge in [-0.25, -0.2) is 4.99 Å². The molecule has 1 aromatic heterocycles. The van der Waals surface area contributed by atoms with E-state index in [9.17, 15) is 0 Å². The summed E-state index contributed by atoms with van der Waals surface area (Å²) >= 11 is 13.4. The maximum Gasteiger partial charge on any atom is 0.231 e. The molecule has 3 aromatic rings. The number of hydrogen-bond acceptors (Lipinski definition) is 5. The first-order valence-electron chi connectivity index (χ1n) is 6.63. The van der Waals surface area contributed by atoms with E-state index in [0.29, 0.717) is 20.2 Å². The highest BCUT2D eigenvalue weighted by Gasteiger charge is 2.10. The van der Waals surface area contributed by atoms with E-state index in [2.05, 4.69) is 15.2 Å². The van der Waals surface area contributed by atoms with Crippen molar-refractivity contribution in [1.29, 1.82) is 0 Å². The summed E-state index contributed by atoms with van der Waals surface area (Å²) in [5.74, 6) is 0.752. The second-order valence-electron chi connectivity index (χ2n) is 4.51. The standard InChI is InChI=1S/C16H11Cl2N3OS/c1-22-14-5-3-2-4-10(14)9-19-16-21-20-15(23-16)12-7-6-11(17)8-13(12)18/h2-9H,1H3/b19-9+. The van der Waals surface area contributed by atoms with Gasteiger partial charge in [0, 0.05) is 22.4 Å². The van der Waals surface area contributed by atoms with Crippen molar-refractivity contribution in [3.05, 3.63) is 58.1 Å². The summed E-state index contributed by atoms with van der Waals surface area (Å²) < 4.78 is 5.28. The lowest BCUT2D eigenvalue weighted by molar-refractivity contribution is 0.414. The minimum absolute atomic E-state index is 0.536. The summed E-state index contributed by atoms with van der Waals surface area (Å²) in [6.45, 7) is 0. The summed E-state index contributed by atoms with van der Waals surface area (Å²) in [4.78, 5) is 4.35. The number of hydrogen-bond donors (Lipinski definition) is 0. The quantitative estimate of drug-likeness (QED) is 0.593. The lowest BCUT2D eigenvalue weighted by Crippen LogP contribution is -1.89. The number of aromatic nitrogens is 2. The molecule has 1 heterocycles. The van der Waals surface area contributed by atoms with E-state index >= 15 is 0 Å². The van der Waals surface area contributed by atoms with Crippen molar-refractivity contribution in [2.24, 2.45) is 4.99 Å². The normalized spacial score (nSPS) is 11.1. The van der Waals surface area contributed by atoms with E-state index in [-0.39, 0.29) is 0 Å². The van der Waals surface area contributed by atoms with Crippen molar-refractivity contribution in [3.8, 4) is 16.3 Å². The molecule has 3 rings (SSSR count). The van der Waals surface area contributed by atoms with E-state index in [0.717, 1.165) is 16.9 Å². The summed E-state index contributed by atoms with van der Waals surface area (Å²) in [7, 11) is 1.62. The average Bonchev–Trinajstić information content (AvgIpc) is 3.02. The maximum absolute atomic E-state index is 6.19. The molecule has 0 atom stereocenters. The molecule has 0 aliphatic rings. The molecule has 2 aromatic carbocycles. The van der Waals surface area contributed by atoms with Crippen molar-refractivity contribution in [2.45, 2.75) is 0 Å². The number of nitrogens with zero attached hydrogens (tertiary/aromatic N) is 3. The first-order valence-corrected chi connectivity index (χ1v) is 8.20. The molecule has 4 nitrogen and oxygen atoms in total. The molecule has 0 radical (unpaired) electrons. The number of halogens is 2. The zero-order chi connectivity index (χ0) is 16.2. The Morgan fingerprint density at radius 1 is 1.13 bits per heavy atom. The molecule has 0 amide bonds. The van der Waals surface area contributed by atoms with Crippen molar-refractivity contribution in [2.75, 3.05) is 7.11 Å². The van der Waals surface area contributed by atoms with Crippen LogP contribution in [-0.4, -0.2) is 23.5 Å². The van der Waals surface area contributed by atoms with Gasteiger partial charge in [-0.15, -0.1) is 10.2 Å². The fourth-order valence-electron chi connectivity index (χ4n) is 1.94. The second kappa shape index (κ2) is 7.08. The highest BCUT2D eigenvalue weighted by Crippen LogP contribution is 2.34. The van der Waals surface area contributed by atoms with Gasteiger partial charge in [0.05, 0.1) is 12.1 Å². The number of aliphatic imine (C=N–C) groups is 1. The van der Waals surface area contributed by atoms with Gasteiger partial charge in [0.1, 0.15) is 5.75 Å². The first kappa shape index (κ1) is 15.9. The minimum Gasteiger partial charge on any atom is -0.496 e. The van der Waals surface area contributed by atoms with Crippen LogP contribution in [0.5, 0.6) is 5.75 Å². The molecule has 0 aliphatic carbocycles. The molecule has 0 fully saturated rings. The van der Waals surface area contributed by atoms with Crippen molar-refractivity contribution >= 4 is 45.9 Å². The van der Waals surface area contributed by atoms with Crippen LogP contribution < -0.4 is 4.74 Å². The number of para-hydroxylation sites is 1. The zero-order valence-electron chi connectivity index (χ0n) is 12.0. The van der Waals surface area contributed by atoms with Gasteiger partial charge < -0.3 is 4.74 Å². The van der Waals surface area contributed by atoms with Crippen LogP contribution in [0, 0.1) is 0 Å². The van der Waals surface area contributed by atoms with Crippen molar-refractivity contribution in [1.82, 2.24) is 10.2 Å². The number of benzene rings is 2. The van der Waals surface area contributed by atoms with E-state index in [1.165, 1.54) is 11.3 Å². The van der Waals surface area contributed by atoms with Gasteiger partial charge in [0.25, 0.3) is 0 Å². The van der Waals surface area contributed by atoms with Gasteiger partial charge in [-0.3, -0.25) is 0 Å². The Morgan fingerprint density at radius 3 is 2.74 bits per heavy atom. The molecule has 0 aliphatic heterocycles. The van der Waals surface area contributed by atoms with Gasteiger partial charge >= 0.3 is 0 Å². The Labute approximate surface area is 147 Å². The molecule has 7 heteroatoms. The van der Waals surface area contributed by atoms with E-state index in [4.69, 9.17) is 27.9 Å². The molecule has 116 valence electrons. The molecule has 0 saturated carbocycles. The molecule has 0 spiro atoms. The summed E-state index contributed by atoms with van der Waals surface area (Å²) in [5, 5.41) is 10.5. The molecule has 0 bridgehead atoms. The fourth-order valence-corrected chi connectivity index (χ4v) is 3.22. The second-order valence-corrected chi connectivity index (χ2v) is 6.31. The maximum atomic E-state index is 6.19. The lowest BCUT2D eigenvalue weighted by Gasteiger charge is -2.01. The summed E-state index contributed by atoms with van der Waals surface area (Å²) in [6, 6.07) is 12.9. The number of ether oxygens (including phenoxy) is 1. The Kier molecular flexibility index (Phi) is 4.91. The van der Waals surface area contributed by atoms with Gasteiger partial charge in [0.2, 0.25) is 5.13 Å². The fraction of sp³-hybridized carbons (Fsp3) is 0.0625. The zero-order valence-corrected chi connectivity index (χ0v) is 14.4. The monoisotopic (exact) mass is 363 g/mol. The van der Waals surface area contributed by atoms with Crippen LogP contribution >= 0.6 is 34.5 Å². The molecule has 0 N–H and O–H groups in total. The van der Waals surface area contributed by atoms with Crippen LogP contribution in [0.3, 0.4) is 0 Å². The molecule has 0 unspecified atom stereocenters. The van der Waals surface area contributed by atoms with E-state index in [1.54, 1.807) is 25.5 Å². The van der Waals surface area contributed by atoms with Crippen LogP contribution in [0.1, 0.15) is 5.56 Å². The van der Waals surface area contributed by atoms with Crippen LogP contribution in [0.15, 0.2) is 47.5 Å². The highest BCUT2D eigenvalue weighted by molar-refractivity contribution is 7.18. The molecular weight excluding hydrogens is 353 g/mol. The smallest absolute Gasteiger partial charge is 0.231 e. The largest absolute Gasteiger partial charge is 0.496 e. The Hall–Kier alpha value is -1.95. The average molecular weight is 364 g/mol. The van der Waals surface area contributed by atoms with E-state index < -0.39 is 0 Å². The number of rotatable bonds is 4. The Balaban J connectivity index is 1.86. The lowest BCUT2D eigenvalue weighted by atomic mass is 10.2.